The second kappa shape index (κ2) is 5.89. The molecule has 0 aliphatic heterocycles. The number of hydrogen-bond acceptors (Lipinski definition) is 3. The average molecular weight is 248 g/mol. The van der Waals surface area contributed by atoms with Gasteiger partial charge in [0.25, 0.3) is 0 Å². The number of Topliss-reactive ketones (excluding diaryl/α,β-unsaturated/α-hetero) is 1. The minimum absolute atomic E-state index is 0.182. The summed E-state index contributed by atoms with van der Waals surface area (Å²) in [7, 11) is 0. The molecule has 1 aliphatic rings. The fraction of sp³-hybridized carbons (Fsp3) is 0.533. The Hall–Kier alpha value is -1.51. The van der Waals surface area contributed by atoms with Crippen molar-refractivity contribution in [3.05, 3.63) is 23.8 Å². The molecule has 1 aromatic carbocycles. The van der Waals surface area contributed by atoms with Crippen LogP contribution < -0.4 is 4.74 Å². The molecule has 1 fully saturated rings. The molecule has 0 saturated heterocycles. The van der Waals surface area contributed by atoms with Crippen LogP contribution in [0.15, 0.2) is 18.2 Å². The largest absolute Gasteiger partial charge is 0.504 e. The van der Waals surface area contributed by atoms with Crippen LogP contribution in [0.2, 0.25) is 0 Å². The van der Waals surface area contributed by atoms with Crippen LogP contribution in [0.3, 0.4) is 0 Å². The van der Waals surface area contributed by atoms with Crippen molar-refractivity contribution in [2.45, 2.75) is 39.0 Å². The third-order valence-corrected chi connectivity index (χ3v) is 3.28. The standard InChI is InChI=1S/C15H20O3/c1-2-13(16)7-5-11-6-8-14(17)15(9-11)18-10-12-3-4-12/h6,8-9,12,17H,2-5,7,10H2,1H3. The van der Waals surface area contributed by atoms with Crippen molar-refractivity contribution in [1.82, 2.24) is 0 Å². The summed E-state index contributed by atoms with van der Waals surface area (Å²) in [4.78, 5) is 11.3. The number of carbonyl (C=O) groups excluding carboxylic acids is 1. The molecule has 98 valence electrons. The van der Waals surface area contributed by atoms with Crippen molar-refractivity contribution in [3.63, 3.8) is 0 Å². The quantitative estimate of drug-likeness (QED) is 0.806. The first kappa shape index (κ1) is 12.9. The van der Waals surface area contributed by atoms with Gasteiger partial charge in [-0.05, 0) is 42.9 Å². The van der Waals surface area contributed by atoms with Gasteiger partial charge in [0.1, 0.15) is 5.78 Å². The summed E-state index contributed by atoms with van der Waals surface area (Å²) in [6.07, 6.45) is 4.32. The molecule has 2 rings (SSSR count). The summed E-state index contributed by atoms with van der Waals surface area (Å²) in [6, 6.07) is 5.34. The molecular formula is C15H20O3. The van der Waals surface area contributed by atoms with E-state index in [2.05, 4.69) is 0 Å². The first-order chi connectivity index (χ1) is 8.69. The maximum atomic E-state index is 11.3. The summed E-state index contributed by atoms with van der Waals surface area (Å²) in [6.45, 7) is 2.56. The van der Waals surface area contributed by atoms with Crippen LogP contribution in [0.4, 0.5) is 0 Å². The lowest BCUT2D eigenvalue weighted by Crippen LogP contribution is -2.01. The van der Waals surface area contributed by atoms with E-state index in [0.29, 0.717) is 37.5 Å². The van der Waals surface area contributed by atoms with Crippen LogP contribution in [0, 0.1) is 5.92 Å². The molecule has 3 heteroatoms. The van der Waals surface area contributed by atoms with Gasteiger partial charge in [-0.1, -0.05) is 13.0 Å². The van der Waals surface area contributed by atoms with Gasteiger partial charge in [-0.3, -0.25) is 4.79 Å². The smallest absolute Gasteiger partial charge is 0.161 e. The second-order valence-electron chi connectivity index (χ2n) is 4.95. The second-order valence-corrected chi connectivity index (χ2v) is 4.95. The Labute approximate surface area is 108 Å². The van der Waals surface area contributed by atoms with Crippen molar-refractivity contribution < 1.29 is 14.6 Å². The Kier molecular flexibility index (Phi) is 4.24. The molecule has 0 heterocycles. The molecule has 0 aromatic heterocycles. The maximum Gasteiger partial charge on any atom is 0.161 e. The Bertz CT molecular complexity index is 422. The summed E-state index contributed by atoms with van der Waals surface area (Å²) in [5.41, 5.74) is 1.04. The molecule has 3 nitrogen and oxygen atoms in total. The van der Waals surface area contributed by atoms with Crippen LogP contribution in [0.5, 0.6) is 11.5 Å². The van der Waals surface area contributed by atoms with Gasteiger partial charge >= 0.3 is 0 Å². The molecule has 0 bridgehead atoms. The topological polar surface area (TPSA) is 46.5 Å². The SMILES string of the molecule is CCC(=O)CCc1ccc(O)c(OCC2CC2)c1. The van der Waals surface area contributed by atoms with E-state index in [4.69, 9.17) is 4.74 Å². The Morgan fingerprint density at radius 2 is 2.22 bits per heavy atom. The Morgan fingerprint density at radius 1 is 1.44 bits per heavy atom. The monoisotopic (exact) mass is 248 g/mol. The summed E-state index contributed by atoms with van der Waals surface area (Å²) >= 11 is 0. The molecule has 0 atom stereocenters. The van der Waals surface area contributed by atoms with E-state index >= 15 is 0 Å². The number of hydrogen-bond donors (Lipinski definition) is 1. The normalized spacial score (nSPS) is 14.5. The van der Waals surface area contributed by atoms with E-state index < -0.39 is 0 Å². The van der Waals surface area contributed by atoms with E-state index in [-0.39, 0.29) is 11.5 Å². The zero-order chi connectivity index (χ0) is 13.0. The number of ether oxygens (including phenoxy) is 1. The molecule has 0 radical (unpaired) electrons. The minimum atomic E-state index is 0.182. The lowest BCUT2D eigenvalue weighted by atomic mass is 10.1. The van der Waals surface area contributed by atoms with Crippen LogP contribution in [0.1, 0.15) is 38.2 Å². The predicted molar refractivity (Wildman–Crippen MR) is 69.9 cm³/mol. The van der Waals surface area contributed by atoms with Gasteiger partial charge in [-0.2, -0.15) is 0 Å². The van der Waals surface area contributed by atoms with E-state index in [9.17, 15) is 9.90 Å². The average Bonchev–Trinajstić information content (AvgIpc) is 3.19. The Balaban J connectivity index is 1.93. The first-order valence-electron chi connectivity index (χ1n) is 6.65. The fourth-order valence-electron chi connectivity index (χ4n) is 1.78. The van der Waals surface area contributed by atoms with Crippen molar-refractivity contribution in [1.29, 1.82) is 0 Å². The van der Waals surface area contributed by atoms with E-state index in [1.54, 1.807) is 6.07 Å². The zero-order valence-electron chi connectivity index (χ0n) is 10.8. The Morgan fingerprint density at radius 3 is 2.89 bits per heavy atom. The van der Waals surface area contributed by atoms with Gasteiger partial charge in [0.15, 0.2) is 11.5 Å². The van der Waals surface area contributed by atoms with Crippen molar-refractivity contribution in [2.75, 3.05) is 6.61 Å². The van der Waals surface area contributed by atoms with Crippen molar-refractivity contribution in [3.8, 4) is 11.5 Å². The lowest BCUT2D eigenvalue weighted by Gasteiger charge is -2.09. The molecule has 0 amide bonds. The van der Waals surface area contributed by atoms with Gasteiger partial charge in [-0.25, -0.2) is 0 Å². The van der Waals surface area contributed by atoms with Crippen LogP contribution in [0.25, 0.3) is 0 Å². The molecule has 0 spiro atoms. The fourth-order valence-corrected chi connectivity index (χ4v) is 1.78. The molecular weight excluding hydrogens is 228 g/mol. The summed E-state index contributed by atoms with van der Waals surface area (Å²) in [5.74, 6) is 1.66. The number of aryl methyl sites for hydroxylation is 1. The lowest BCUT2D eigenvalue weighted by molar-refractivity contribution is -0.118. The molecule has 1 aromatic rings. The highest BCUT2D eigenvalue weighted by molar-refractivity contribution is 5.78. The number of phenolic OH excluding ortho intramolecular Hbond substituents is 1. The summed E-state index contributed by atoms with van der Waals surface area (Å²) in [5, 5.41) is 9.70. The van der Waals surface area contributed by atoms with Gasteiger partial charge in [0.2, 0.25) is 0 Å². The summed E-state index contributed by atoms with van der Waals surface area (Å²) < 4.78 is 5.60. The molecule has 18 heavy (non-hydrogen) atoms. The molecule has 0 unspecified atom stereocenters. The number of phenols is 1. The third-order valence-electron chi connectivity index (χ3n) is 3.28. The van der Waals surface area contributed by atoms with Crippen LogP contribution in [-0.4, -0.2) is 17.5 Å². The van der Waals surface area contributed by atoms with Gasteiger partial charge in [0.05, 0.1) is 6.61 Å². The molecule has 1 aliphatic carbocycles. The van der Waals surface area contributed by atoms with Crippen LogP contribution in [-0.2, 0) is 11.2 Å². The highest BCUT2D eigenvalue weighted by atomic mass is 16.5. The van der Waals surface area contributed by atoms with Gasteiger partial charge in [-0.15, -0.1) is 0 Å². The zero-order valence-corrected chi connectivity index (χ0v) is 10.8. The van der Waals surface area contributed by atoms with Crippen molar-refractivity contribution >= 4 is 5.78 Å². The van der Waals surface area contributed by atoms with E-state index in [1.807, 2.05) is 19.1 Å². The van der Waals surface area contributed by atoms with E-state index in [1.165, 1.54) is 12.8 Å². The number of rotatable bonds is 7. The maximum absolute atomic E-state index is 11.3. The number of aromatic hydroxyl groups is 1. The number of benzene rings is 1. The van der Waals surface area contributed by atoms with Crippen LogP contribution >= 0.6 is 0 Å². The van der Waals surface area contributed by atoms with E-state index in [0.717, 1.165) is 5.56 Å². The highest BCUT2D eigenvalue weighted by Gasteiger charge is 2.22. The highest BCUT2D eigenvalue weighted by Crippen LogP contribution is 2.32. The van der Waals surface area contributed by atoms with Gasteiger partial charge < -0.3 is 9.84 Å². The number of ketones is 1. The minimum Gasteiger partial charge on any atom is -0.504 e. The molecule has 1 N–H and O–H groups in total. The predicted octanol–water partition coefficient (Wildman–Crippen LogP) is 3.09. The molecule has 1 saturated carbocycles. The number of carbonyl (C=O) groups is 1. The third kappa shape index (κ3) is 3.76. The van der Waals surface area contributed by atoms with Gasteiger partial charge in [0, 0.05) is 12.8 Å². The van der Waals surface area contributed by atoms with Crippen molar-refractivity contribution in [2.24, 2.45) is 5.92 Å². The first-order valence-corrected chi connectivity index (χ1v) is 6.65.